The summed E-state index contributed by atoms with van der Waals surface area (Å²) in [5, 5.41) is 9.61. The molecule has 3 rings (SSSR count). The number of ether oxygens (including phenoxy) is 3. The Kier molecular flexibility index (Phi) is 12.7. The van der Waals surface area contributed by atoms with Crippen molar-refractivity contribution in [3.8, 4) is 17.2 Å². The van der Waals surface area contributed by atoms with E-state index in [-0.39, 0.29) is 12.5 Å². The largest absolute Gasteiger partial charge is 0.494 e. The number of hydrogen-bond acceptors (Lipinski definition) is 7. The number of halogens is 2. The maximum atomic E-state index is 12.4. The summed E-state index contributed by atoms with van der Waals surface area (Å²) in [4.78, 5) is 36.8. The van der Waals surface area contributed by atoms with E-state index in [0.717, 1.165) is 12.8 Å². The van der Waals surface area contributed by atoms with Gasteiger partial charge < -0.3 is 24.8 Å². The fourth-order valence-electron chi connectivity index (χ4n) is 3.34. The summed E-state index contributed by atoms with van der Waals surface area (Å²) in [5.41, 5.74) is 3.79. The molecule has 0 fully saturated rings. The molecule has 41 heavy (non-hydrogen) atoms. The Morgan fingerprint density at radius 1 is 0.927 bits per heavy atom. The van der Waals surface area contributed by atoms with Gasteiger partial charge in [0.15, 0.2) is 18.1 Å². The first-order chi connectivity index (χ1) is 19.8. The zero-order chi connectivity index (χ0) is 29.6. The fraction of sp³-hybridized carbons (Fsp3) is 0.241. The molecule has 0 aliphatic rings. The normalized spacial score (nSPS) is 10.6. The molecule has 3 aromatic rings. The number of hydrazone groups is 1. The lowest BCUT2D eigenvalue weighted by atomic mass is 10.2. The zero-order valence-electron chi connectivity index (χ0n) is 22.5. The van der Waals surface area contributed by atoms with E-state index in [2.05, 4.69) is 28.1 Å². The van der Waals surface area contributed by atoms with Gasteiger partial charge in [-0.15, -0.1) is 0 Å². The Labute approximate surface area is 256 Å². The predicted octanol–water partition coefficient (Wildman–Crippen LogP) is 5.63. The van der Waals surface area contributed by atoms with E-state index in [1.54, 1.807) is 60.7 Å². The van der Waals surface area contributed by atoms with Crippen LogP contribution in [0, 0.1) is 3.57 Å². The van der Waals surface area contributed by atoms with E-state index in [9.17, 15) is 14.4 Å². The number of hydrogen-bond donors (Lipinski definition) is 3. The Hall–Kier alpha value is -3.84. The molecule has 0 bridgehead atoms. The number of carbonyl (C=O) groups excluding carboxylic acids is 3. The summed E-state index contributed by atoms with van der Waals surface area (Å²) in [6, 6.07) is 16.9. The molecule has 3 amide bonds. The van der Waals surface area contributed by atoms with Gasteiger partial charge in [-0.1, -0.05) is 31.0 Å². The molecule has 0 heterocycles. The molecule has 0 aromatic heterocycles. The predicted molar refractivity (Wildman–Crippen MR) is 167 cm³/mol. The summed E-state index contributed by atoms with van der Waals surface area (Å²) in [6.07, 6.45) is 3.35. The van der Waals surface area contributed by atoms with E-state index in [1.807, 2.05) is 29.5 Å². The van der Waals surface area contributed by atoms with E-state index in [4.69, 9.17) is 25.8 Å². The first-order valence-electron chi connectivity index (χ1n) is 12.8. The van der Waals surface area contributed by atoms with Crippen LogP contribution in [0.25, 0.3) is 0 Å². The van der Waals surface area contributed by atoms with Crippen molar-refractivity contribution in [3.05, 3.63) is 74.8 Å². The van der Waals surface area contributed by atoms with Crippen LogP contribution in [0.2, 0.25) is 5.02 Å². The van der Waals surface area contributed by atoms with Crippen molar-refractivity contribution in [1.82, 2.24) is 5.43 Å². The average molecular weight is 693 g/mol. The van der Waals surface area contributed by atoms with Crippen molar-refractivity contribution in [1.29, 1.82) is 0 Å². The number of unbranched alkanes of at least 4 members (excludes halogenated alkanes) is 1. The van der Waals surface area contributed by atoms with Crippen LogP contribution in [0.4, 0.5) is 11.4 Å². The fourth-order valence-corrected chi connectivity index (χ4v) is 4.31. The molecule has 0 saturated carbocycles. The van der Waals surface area contributed by atoms with Crippen LogP contribution < -0.4 is 30.3 Å². The minimum atomic E-state index is -0.935. The van der Waals surface area contributed by atoms with E-state index in [1.165, 1.54) is 6.21 Å². The van der Waals surface area contributed by atoms with Gasteiger partial charge >= 0.3 is 11.8 Å². The minimum absolute atomic E-state index is 0.254. The van der Waals surface area contributed by atoms with Gasteiger partial charge in [0.1, 0.15) is 5.75 Å². The van der Waals surface area contributed by atoms with Crippen molar-refractivity contribution in [3.63, 3.8) is 0 Å². The van der Waals surface area contributed by atoms with Crippen molar-refractivity contribution < 1.29 is 28.6 Å². The van der Waals surface area contributed by atoms with Gasteiger partial charge in [0.25, 0.3) is 5.91 Å². The highest BCUT2D eigenvalue weighted by Gasteiger charge is 2.15. The number of benzene rings is 3. The molecular weight excluding hydrogens is 663 g/mol. The first-order valence-corrected chi connectivity index (χ1v) is 14.3. The molecule has 0 atom stereocenters. The standard InChI is InChI=1S/C29H30ClIN4O6/c1-3-5-13-40-23-11-9-21(10-12-23)34-28(37)29(38)35-32-17-19-14-24(31)27(25(15-19)39-4-2)41-18-26(36)33-22-8-6-7-20(30)16-22/h6-12,14-17H,3-5,13,18H2,1-2H3,(H,33,36)(H,34,37)(H,35,38)/b32-17-. The molecule has 3 aromatic carbocycles. The average Bonchev–Trinajstić information content (AvgIpc) is 2.94. The minimum Gasteiger partial charge on any atom is -0.494 e. The first kappa shape index (κ1) is 31.7. The second kappa shape index (κ2) is 16.4. The summed E-state index contributed by atoms with van der Waals surface area (Å²) >= 11 is 8.01. The molecule has 0 spiro atoms. The molecule has 0 saturated heterocycles. The summed E-state index contributed by atoms with van der Waals surface area (Å²) < 4.78 is 17.7. The number of nitrogens with one attached hydrogen (secondary N) is 3. The number of carbonyl (C=O) groups is 3. The Morgan fingerprint density at radius 3 is 2.41 bits per heavy atom. The summed E-state index contributed by atoms with van der Waals surface area (Å²) in [7, 11) is 0. The maximum Gasteiger partial charge on any atom is 0.329 e. The molecule has 0 aliphatic carbocycles. The topological polar surface area (TPSA) is 127 Å². The van der Waals surface area contributed by atoms with Gasteiger partial charge in [0.2, 0.25) is 0 Å². The van der Waals surface area contributed by atoms with Crippen LogP contribution in [-0.4, -0.2) is 43.8 Å². The van der Waals surface area contributed by atoms with Gasteiger partial charge in [-0.05, 0) is 96.1 Å². The van der Waals surface area contributed by atoms with Gasteiger partial charge in [-0.25, -0.2) is 5.43 Å². The highest BCUT2D eigenvalue weighted by atomic mass is 127. The third kappa shape index (κ3) is 10.6. The highest BCUT2D eigenvalue weighted by molar-refractivity contribution is 14.1. The van der Waals surface area contributed by atoms with Crippen LogP contribution in [0.15, 0.2) is 65.8 Å². The quantitative estimate of drug-likeness (QED) is 0.0701. The number of amides is 3. The second-order valence-corrected chi connectivity index (χ2v) is 10.1. The lowest BCUT2D eigenvalue weighted by Gasteiger charge is -2.14. The smallest absolute Gasteiger partial charge is 0.329 e. The summed E-state index contributed by atoms with van der Waals surface area (Å²) in [5.74, 6) is -0.711. The number of anilines is 2. The number of nitrogens with zero attached hydrogens (tertiary/aromatic N) is 1. The highest BCUT2D eigenvalue weighted by Crippen LogP contribution is 2.34. The lowest BCUT2D eigenvalue weighted by Crippen LogP contribution is -2.32. The van der Waals surface area contributed by atoms with Gasteiger partial charge in [-0.2, -0.15) is 5.10 Å². The third-order valence-corrected chi connectivity index (χ3v) is 6.29. The Balaban J connectivity index is 1.55. The lowest BCUT2D eigenvalue weighted by molar-refractivity contribution is -0.136. The molecular formula is C29H30ClIN4O6. The van der Waals surface area contributed by atoms with E-state index >= 15 is 0 Å². The van der Waals surface area contributed by atoms with Crippen LogP contribution in [0.3, 0.4) is 0 Å². The van der Waals surface area contributed by atoms with Gasteiger partial charge in [-0.3, -0.25) is 14.4 Å². The molecule has 0 aliphatic heterocycles. The molecule has 0 radical (unpaired) electrons. The molecule has 3 N–H and O–H groups in total. The van der Waals surface area contributed by atoms with Crippen LogP contribution >= 0.6 is 34.2 Å². The van der Waals surface area contributed by atoms with Gasteiger partial charge in [0, 0.05) is 16.4 Å². The molecule has 216 valence electrons. The third-order valence-electron chi connectivity index (χ3n) is 5.25. The van der Waals surface area contributed by atoms with E-state index in [0.29, 0.717) is 56.0 Å². The van der Waals surface area contributed by atoms with Crippen molar-refractivity contribution >= 4 is 69.5 Å². The second-order valence-electron chi connectivity index (χ2n) is 8.49. The van der Waals surface area contributed by atoms with Crippen LogP contribution in [0.5, 0.6) is 17.2 Å². The molecule has 10 nitrogen and oxygen atoms in total. The van der Waals surface area contributed by atoms with Crippen molar-refractivity contribution in [2.45, 2.75) is 26.7 Å². The van der Waals surface area contributed by atoms with Crippen LogP contribution in [0.1, 0.15) is 32.3 Å². The molecule has 0 unspecified atom stereocenters. The van der Waals surface area contributed by atoms with E-state index < -0.39 is 11.8 Å². The maximum absolute atomic E-state index is 12.4. The zero-order valence-corrected chi connectivity index (χ0v) is 25.5. The van der Waals surface area contributed by atoms with Crippen LogP contribution in [-0.2, 0) is 14.4 Å². The monoisotopic (exact) mass is 692 g/mol. The number of rotatable bonds is 13. The molecule has 12 heteroatoms. The Bertz CT molecular complexity index is 1380. The van der Waals surface area contributed by atoms with Crippen molar-refractivity contribution in [2.75, 3.05) is 30.5 Å². The van der Waals surface area contributed by atoms with Crippen molar-refractivity contribution in [2.24, 2.45) is 5.10 Å². The summed E-state index contributed by atoms with van der Waals surface area (Å²) in [6.45, 7) is 4.61. The van der Waals surface area contributed by atoms with Gasteiger partial charge in [0.05, 0.1) is 23.0 Å². The SMILES string of the molecule is CCCCOc1ccc(NC(=O)C(=O)N/N=C\c2cc(I)c(OCC(=O)Nc3cccc(Cl)c3)c(OCC)c2)cc1. The Morgan fingerprint density at radius 2 is 1.71 bits per heavy atom.